The standard InChI is InChI=1S/C29H30N6O2S/c1-19-14-31-15-20(2)35(19)23-12-10-21(11-13-23)22-16-32-29-27(17-33-34(29)18-22)25-6-4-8-26-24(25)7-5-9-28(26)38(36,37)30-3/h4-13,16-20,30-31H,14-15H2,1-3H3/t19-,20+. The number of rotatable bonds is 5. The predicted molar refractivity (Wildman–Crippen MR) is 152 cm³/mol. The molecule has 5 aromatic rings. The highest BCUT2D eigenvalue weighted by atomic mass is 32.2. The van der Waals surface area contributed by atoms with Gasteiger partial charge in [-0.2, -0.15) is 5.10 Å². The molecule has 2 aromatic heterocycles. The van der Waals surface area contributed by atoms with E-state index in [1.54, 1.807) is 22.8 Å². The SMILES string of the molecule is CNS(=O)(=O)c1cccc2c(-c3cnn4cc(-c5ccc(N6[C@H](C)CNC[C@@H]6C)cc5)cnc34)cccc12. The molecule has 0 amide bonds. The summed E-state index contributed by atoms with van der Waals surface area (Å²) in [5.41, 5.74) is 5.71. The van der Waals surface area contributed by atoms with Crippen molar-refractivity contribution in [2.45, 2.75) is 30.8 Å². The fourth-order valence-corrected chi connectivity index (χ4v) is 6.49. The van der Waals surface area contributed by atoms with Gasteiger partial charge in [0.15, 0.2) is 5.65 Å². The average molecular weight is 527 g/mol. The Balaban J connectivity index is 1.37. The molecule has 0 bridgehead atoms. The Labute approximate surface area is 222 Å². The Morgan fingerprint density at radius 2 is 1.58 bits per heavy atom. The van der Waals surface area contributed by atoms with Gasteiger partial charge < -0.3 is 10.2 Å². The molecule has 8 nitrogen and oxygen atoms in total. The van der Waals surface area contributed by atoms with Gasteiger partial charge in [-0.05, 0) is 55.6 Å². The van der Waals surface area contributed by atoms with Crippen LogP contribution in [0, 0.1) is 0 Å². The van der Waals surface area contributed by atoms with Crippen molar-refractivity contribution >= 4 is 32.1 Å². The lowest BCUT2D eigenvalue weighted by Gasteiger charge is -2.41. The van der Waals surface area contributed by atoms with Crippen LogP contribution in [-0.4, -0.2) is 55.2 Å². The van der Waals surface area contributed by atoms with Crippen molar-refractivity contribution in [1.29, 1.82) is 0 Å². The van der Waals surface area contributed by atoms with Crippen molar-refractivity contribution in [3.8, 4) is 22.3 Å². The molecule has 1 saturated heterocycles. The molecule has 9 heteroatoms. The molecule has 1 fully saturated rings. The van der Waals surface area contributed by atoms with Gasteiger partial charge in [-0.1, -0.05) is 42.5 Å². The molecule has 38 heavy (non-hydrogen) atoms. The first-order chi connectivity index (χ1) is 18.4. The Morgan fingerprint density at radius 3 is 2.32 bits per heavy atom. The smallest absolute Gasteiger partial charge is 0.240 e. The summed E-state index contributed by atoms with van der Waals surface area (Å²) in [4.78, 5) is 7.50. The Kier molecular flexibility index (Phi) is 6.14. The lowest BCUT2D eigenvalue weighted by atomic mass is 10.00. The van der Waals surface area contributed by atoms with Gasteiger partial charge in [0.05, 0.1) is 11.1 Å². The van der Waals surface area contributed by atoms with Crippen molar-refractivity contribution in [2.75, 3.05) is 25.0 Å². The maximum Gasteiger partial charge on any atom is 0.240 e. The van der Waals surface area contributed by atoms with Gasteiger partial charge >= 0.3 is 0 Å². The van der Waals surface area contributed by atoms with Crippen LogP contribution in [0.3, 0.4) is 0 Å². The van der Waals surface area contributed by atoms with E-state index >= 15 is 0 Å². The van der Waals surface area contributed by atoms with Crippen LogP contribution in [0.2, 0.25) is 0 Å². The van der Waals surface area contributed by atoms with Gasteiger partial charge in [-0.25, -0.2) is 22.6 Å². The highest BCUT2D eigenvalue weighted by Crippen LogP contribution is 2.34. The van der Waals surface area contributed by atoms with E-state index in [0.29, 0.717) is 23.1 Å². The summed E-state index contributed by atoms with van der Waals surface area (Å²) < 4.78 is 29.4. The number of aromatic nitrogens is 3. The van der Waals surface area contributed by atoms with Crippen molar-refractivity contribution < 1.29 is 8.42 Å². The van der Waals surface area contributed by atoms with Gasteiger partial charge in [0.2, 0.25) is 10.0 Å². The van der Waals surface area contributed by atoms with Crippen LogP contribution in [0.15, 0.2) is 84.1 Å². The van der Waals surface area contributed by atoms with E-state index in [2.05, 4.69) is 58.2 Å². The second-order valence-corrected chi connectivity index (χ2v) is 11.7. The van der Waals surface area contributed by atoms with Crippen molar-refractivity contribution in [2.24, 2.45) is 0 Å². The number of benzene rings is 3. The lowest BCUT2D eigenvalue weighted by molar-refractivity contribution is 0.432. The summed E-state index contributed by atoms with van der Waals surface area (Å²) >= 11 is 0. The van der Waals surface area contributed by atoms with Gasteiger partial charge in [0.1, 0.15) is 0 Å². The first-order valence-electron chi connectivity index (χ1n) is 12.8. The minimum Gasteiger partial charge on any atom is -0.364 e. The summed E-state index contributed by atoms with van der Waals surface area (Å²) in [6.07, 6.45) is 5.64. The number of hydrogen-bond acceptors (Lipinski definition) is 6. The number of sulfonamides is 1. The zero-order chi connectivity index (χ0) is 26.4. The summed E-state index contributed by atoms with van der Waals surface area (Å²) in [5, 5.41) is 9.57. The van der Waals surface area contributed by atoms with E-state index in [1.165, 1.54) is 12.7 Å². The minimum absolute atomic E-state index is 0.249. The molecular formula is C29H30N6O2S. The molecule has 0 radical (unpaired) electrons. The normalized spacial score (nSPS) is 18.3. The first kappa shape index (κ1) is 24.5. The van der Waals surface area contributed by atoms with Gasteiger partial charge in [-0.15, -0.1) is 0 Å². The molecule has 3 heterocycles. The fraction of sp³-hybridized carbons (Fsp3) is 0.241. The van der Waals surface area contributed by atoms with Crippen LogP contribution in [-0.2, 0) is 10.0 Å². The highest BCUT2D eigenvalue weighted by molar-refractivity contribution is 7.89. The molecule has 0 unspecified atom stereocenters. The van der Waals surface area contributed by atoms with Crippen molar-refractivity contribution in [3.63, 3.8) is 0 Å². The number of hydrogen-bond donors (Lipinski definition) is 2. The second kappa shape index (κ2) is 9.50. The summed E-state index contributed by atoms with van der Waals surface area (Å²) in [6, 6.07) is 20.5. The van der Waals surface area contributed by atoms with Gasteiger partial charge in [-0.3, -0.25) is 0 Å². The zero-order valence-corrected chi connectivity index (χ0v) is 22.4. The van der Waals surface area contributed by atoms with Crippen LogP contribution in [0.4, 0.5) is 5.69 Å². The maximum absolute atomic E-state index is 12.6. The summed E-state index contributed by atoms with van der Waals surface area (Å²) in [5.74, 6) is 0. The molecule has 194 valence electrons. The van der Waals surface area contributed by atoms with Gasteiger partial charge in [0, 0.05) is 59.8 Å². The molecule has 0 spiro atoms. The molecule has 2 atom stereocenters. The van der Waals surface area contributed by atoms with Crippen LogP contribution in [0.1, 0.15) is 13.8 Å². The Morgan fingerprint density at radius 1 is 0.868 bits per heavy atom. The monoisotopic (exact) mass is 526 g/mol. The van der Waals surface area contributed by atoms with Crippen LogP contribution >= 0.6 is 0 Å². The number of nitrogens with zero attached hydrogens (tertiary/aromatic N) is 4. The second-order valence-electron chi connectivity index (χ2n) is 9.84. The highest BCUT2D eigenvalue weighted by Gasteiger charge is 2.24. The van der Waals surface area contributed by atoms with Crippen molar-refractivity contribution in [3.05, 3.63) is 79.3 Å². The minimum atomic E-state index is -3.60. The molecule has 3 aromatic carbocycles. The number of fused-ring (bicyclic) bond motifs is 2. The van der Waals surface area contributed by atoms with E-state index in [0.717, 1.165) is 40.7 Å². The van der Waals surface area contributed by atoms with E-state index in [1.807, 2.05) is 36.7 Å². The van der Waals surface area contributed by atoms with Crippen molar-refractivity contribution in [1.82, 2.24) is 24.6 Å². The third kappa shape index (κ3) is 4.13. The Hall–Kier alpha value is -3.79. The molecule has 0 aliphatic carbocycles. The summed E-state index contributed by atoms with van der Waals surface area (Å²) in [6.45, 7) is 6.47. The largest absolute Gasteiger partial charge is 0.364 e. The first-order valence-corrected chi connectivity index (χ1v) is 14.2. The maximum atomic E-state index is 12.6. The number of anilines is 1. The fourth-order valence-electron chi connectivity index (χ4n) is 5.54. The van der Waals surface area contributed by atoms with Gasteiger partial charge in [0.25, 0.3) is 0 Å². The van der Waals surface area contributed by atoms with E-state index in [9.17, 15) is 8.42 Å². The quantitative estimate of drug-likeness (QED) is 0.355. The van der Waals surface area contributed by atoms with Crippen LogP contribution in [0.5, 0.6) is 0 Å². The molecule has 1 aliphatic rings. The third-order valence-electron chi connectivity index (χ3n) is 7.41. The number of piperazine rings is 1. The van der Waals surface area contributed by atoms with E-state index in [-0.39, 0.29) is 4.90 Å². The lowest BCUT2D eigenvalue weighted by Crippen LogP contribution is -2.55. The topological polar surface area (TPSA) is 91.6 Å². The van der Waals surface area contributed by atoms with E-state index in [4.69, 9.17) is 4.98 Å². The Bertz CT molecular complexity index is 1740. The van der Waals surface area contributed by atoms with E-state index < -0.39 is 10.0 Å². The van der Waals surface area contributed by atoms with Crippen LogP contribution in [0.25, 0.3) is 38.7 Å². The molecular weight excluding hydrogens is 496 g/mol. The third-order valence-corrected chi connectivity index (χ3v) is 8.89. The average Bonchev–Trinajstić information content (AvgIpc) is 3.36. The zero-order valence-electron chi connectivity index (χ0n) is 21.6. The summed E-state index contributed by atoms with van der Waals surface area (Å²) in [7, 11) is -2.18. The number of nitrogens with one attached hydrogen (secondary N) is 2. The molecule has 1 aliphatic heterocycles. The molecule has 0 saturated carbocycles. The predicted octanol–water partition coefficient (Wildman–Crippen LogP) is 4.31. The van der Waals surface area contributed by atoms with Crippen LogP contribution < -0.4 is 14.9 Å². The molecule has 6 rings (SSSR count). The molecule has 2 N–H and O–H groups in total.